The summed E-state index contributed by atoms with van der Waals surface area (Å²) in [4.78, 5) is 27.7. The van der Waals surface area contributed by atoms with Crippen LogP contribution < -0.4 is 10.8 Å². The van der Waals surface area contributed by atoms with Crippen LogP contribution in [-0.4, -0.2) is 46.3 Å². The van der Waals surface area contributed by atoms with Gasteiger partial charge in [-0.1, -0.05) is 36.4 Å². The average molecular weight is 412 g/mol. The SMILES string of the molecule is O=C(NC1CCN(Cc2ccccc2)CC1)c1ccc2c(c1)SC(C(=O)NO)C2. The zero-order chi connectivity index (χ0) is 20.2. The van der Waals surface area contributed by atoms with E-state index in [-0.39, 0.29) is 17.2 Å². The monoisotopic (exact) mass is 411 g/mol. The van der Waals surface area contributed by atoms with Crippen LogP contribution in [0.1, 0.15) is 34.3 Å². The van der Waals surface area contributed by atoms with Gasteiger partial charge in [-0.25, -0.2) is 5.48 Å². The summed E-state index contributed by atoms with van der Waals surface area (Å²) in [6.45, 7) is 2.89. The van der Waals surface area contributed by atoms with Crippen molar-refractivity contribution in [3.8, 4) is 0 Å². The molecule has 152 valence electrons. The molecule has 0 bridgehead atoms. The molecule has 29 heavy (non-hydrogen) atoms. The number of fused-ring (bicyclic) bond motifs is 1. The Morgan fingerprint density at radius 1 is 1.10 bits per heavy atom. The summed E-state index contributed by atoms with van der Waals surface area (Å²) in [6, 6.07) is 16.2. The van der Waals surface area contributed by atoms with Crippen LogP contribution >= 0.6 is 11.8 Å². The van der Waals surface area contributed by atoms with Gasteiger partial charge in [-0.3, -0.25) is 19.7 Å². The zero-order valence-electron chi connectivity index (χ0n) is 16.1. The number of likely N-dealkylation sites (tertiary alicyclic amines) is 1. The summed E-state index contributed by atoms with van der Waals surface area (Å²) in [7, 11) is 0. The van der Waals surface area contributed by atoms with Gasteiger partial charge in [-0.2, -0.15) is 0 Å². The molecule has 0 saturated carbocycles. The van der Waals surface area contributed by atoms with Crippen molar-refractivity contribution in [2.45, 2.75) is 42.0 Å². The number of thioether (sulfide) groups is 1. The molecular weight excluding hydrogens is 386 g/mol. The standard InChI is InChI=1S/C22H25N3O3S/c26-21(17-7-6-16-12-20(22(27)24-28)29-19(16)13-17)23-18-8-10-25(11-9-18)14-15-4-2-1-3-5-15/h1-7,13,18,20,28H,8-12,14H2,(H,23,26)(H,24,27). The number of amides is 2. The van der Waals surface area contributed by atoms with Crippen molar-refractivity contribution in [3.05, 3.63) is 65.2 Å². The molecule has 2 aromatic rings. The van der Waals surface area contributed by atoms with Gasteiger partial charge in [0, 0.05) is 36.1 Å². The van der Waals surface area contributed by atoms with Gasteiger partial charge in [-0.15, -0.1) is 11.8 Å². The Hall–Kier alpha value is -2.35. The Morgan fingerprint density at radius 2 is 1.86 bits per heavy atom. The minimum absolute atomic E-state index is 0.0648. The van der Waals surface area contributed by atoms with Gasteiger partial charge in [-0.05, 0) is 42.5 Å². The molecule has 4 rings (SSSR count). The molecule has 0 spiro atoms. The average Bonchev–Trinajstić information content (AvgIpc) is 3.18. The molecular formula is C22H25N3O3S. The van der Waals surface area contributed by atoms with E-state index in [4.69, 9.17) is 5.21 Å². The molecule has 2 aromatic carbocycles. The molecule has 1 unspecified atom stereocenters. The Labute approximate surface area is 174 Å². The number of hydrogen-bond acceptors (Lipinski definition) is 5. The van der Waals surface area contributed by atoms with E-state index in [2.05, 4.69) is 34.5 Å². The molecule has 0 aliphatic carbocycles. The van der Waals surface area contributed by atoms with E-state index in [0.717, 1.165) is 42.9 Å². The second-order valence-electron chi connectivity index (χ2n) is 7.62. The molecule has 2 heterocycles. The summed E-state index contributed by atoms with van der Waals surface area (Å²) in [5, 5.41) is 11.6. The highest BCUT2D eigenvalue weighted by molar-refractivity contribution is 8.01. The van der Waals surface area contributed by atoms with Gasteiger partial charge < -0.3 is 5.32 Å². The molecule has 2 amide bonds. The number of piperidine rings is 1. The number of carbonyl (C=O) groups is 2. The van der Waals surface area contributed by atoms with Crippen LogP contribution in [0.5, 0.6) is 0 Å². The summed E-state index contributed by atoms with van der Waals surface area (Å²) in [5.41, 5.74) is 4.68. The van der Waals surface area contributed by atoms with Crippen LogP contribution in [0.3, 0.4) is 0 Å². The minimum Gasteiger partial charge on any atom is -0.349 e. The van der Waals surface area contributed by atoms with Crippen LogP contribution in [0.15, 0.2) is 53.4 Å². The van der Waals surface area contributed by atoms with E-state index in [1.165, 1.54) is 17.3 Å². The fourth-order valence-corrected chi connectivity index (χ4v) is 5.16. The largest absolute Gasteiger partial charge is 0.349 e. The second kappa shape index (κ2) is 8.98. The maximum absolute atomic E-state index is 12.7. The highest BCUT2D eigenvalue weighted by Gasteiger charge is 2.29. The fraction of sp³-hybridized carbons (Fsp3) is 0.364. The van der Waals surface area contributed by atoms with E-state index < -0.39 is 5.91 Å². The molecule has 3 N–H and O–H groups in total. The van der Waals surface area contributed by atoms with Crippen LogP contribution in [0.2, 0.25) is 0 Å². The van der Waals surface area contributed by atoms with Crippen LogP contribution in [-0.2, 0) is 17.8 Å². The smallest absolute Gasteiger partial charge is 0.257 e. The normalized spacial score (nSPS) is 19.6. The lowest BCUT2D eigenvalue weighted by Crippen LogP contribution is -2.44. The number of rotatable bonds is 5. The summed E-state index contributed by atoms with van der Waals surface area (Å²) in [5.74, 6) is -0.468. The predicted octanol–water partition coefficient (Wildman–Crippen LogP) is 2.60. The topological polar surface area (TPSA) is 81.7 Å². The maximum Gasteiger partial charge on any atom is 0.257 e. The van der Waals surface area contributed by atoms with Crippen molar-refractivity contribution >= 4 is 23.6 Å². The lowest BCUT2D eigenvalue weighted by molar-refractivity contribution is -0.128. The number of benzene rings is 2. The predicted molar refractivity (Wildman–Crippen MR) is 112 cm³/mol. The molecule has 1 saturated heterocycles. The summed E-state index contributed by atoms with van der Waals surface area (Å²) < 4.78 is 0. The third-order valence-electron chi connectivity index (χ3n) is 5.58. The van der Waals surface area contributed by atoms with Gasteiger partial charge in [0.25, 0.3) is 11.8 Å². The van der Waals surface area contributed by atoms with Crippen molar-refractivity contribution < 1.29 is 14.8 Å². The minimum atomic E-state index is -0.403. The molecule has 2 aliphatic heterocycles. The van der Waals surface area contributed by atoms with Crippen molar-refractivity contribution in [1.82, 2.24) is 15.7 Å². The van der Waals surface area contributed by atoms with Crippen LogP contribution in [0, 0.1) is 0 Å². The highest BCUT2D eigenvalue weighted by atomic mass is 32.2. The van der Waals surface area contributed by atoms with Crippen molar-refractivity contribution in [2.24, 2.45) is 0 Å². The van der Waals surface area contributed by atoms with Crippen molar-refractivity contribution in [3.63, 3.8) is 0 Å². The van der Waals surface area contributed by atoms with Crippen molar-refractivity contribution in [1.29, 1.82) is 0 Å². The second-order valence-corrected chi connectivity index (χ2v) is 8.86. The van der Waals surface area contributed by atoms with E-state index >= 15 is 0 Å². The first-order chi connectivity index (χ1) is 14.1. The van der Waals surface area contributed by atoms with Crippen LogP contribution in [0.4, 0.5) is 0 Å². The molecule has 7 heteroatoms. The first-order valence-electron chi connectivity index (χ1n) is 9.93. The maximum atomic E-state index is 12.7. The van der Waals surface area contributed by atoms with E-state index in [1.54, 1.807) is 5.48 Å². The fourth-order valence-electron chi connectivity index (χ4n) is 3.93. The quantitative estimate of drug-likeness (QED) is 0.521. The molecule has 0 radical (unpaired) electrons. The Bertz CT molecular complexity index is 882. The number of hydrogen-bond donors (Lipinski definition) is 3. The van der Waals surface area contributed by atoms with E-state index in [1.807, 2.05) is 24.3 Å². The molecule has 6 nitrogen and oxygen atoms in total. The number of hydroxylamine groups is 1. The van der Waals surface area contributed by atoms with E-state index in [9.17, 15) is 9.59 Å². The Balaban J connectivity index is 1.29. The van der Waals surface area contributed by atoms with Gasteiger partial charge in [0.05, 0.1) is 5.25 Å². The highest BCUT2D eigenvalue weighted by Crippen LogP contribution is 2.37. The molecule has 0 aromatic heterocycles. The lowest BCUT2D eigenvalue weighted by Gasteiger charge is -2.32. The van der Waals surface area contributed by atoms with Crippen LogP contribution in [0.25, 0.3) is 0 Å². The Morgan fingerprint density at radius 3 is 2.59 bits per heavy atom. The zero-order valence-corrected chi connectivity index (χ0v) is 17.0. The number of nitrogens with one attached hydrogen (secondary N) is 2. The molecule has 1 atom stereocenters. The molecule has 1 fully saturated rings. The van der Waals surface area contributed by atoms with Gasteiger partial charge in [0.1, 0.15) is 0 Å². The first-order valence-corrected chi connectivity index (χ1v) is 10.8. The Kier molecular flexibility index (Phi) is 6.18. The van der Waals surface area contributed by atoms with Gasteiger partial charge in [0.15, 0.2) is 0 Å². The summed E-state index contributed by atoms with van der Waals surface area (Å²) in [6.07, 6.45) is 2.45. The number of carbonyl (C=O) groups excluding carboxylic acids is 2. The van der Waals surface area contributed by atoms with Gasteiger partial charge in [0.2, 0.25) is 0 Å². The third-order valence-corrected chi connectivity index (χ3v) is 6.88. The lowest BCUT2D eigenvalue weighted by atomic mass is 10.0. The van der Waals surface area contributed by atoms with E-state index in [0.29, 0.717) is 12.0 Å². The third kappa shape index (κ3) is 4.80. The summed E-state index contributed by atoms with van der Waals surface area (Å²) >= 11 is 1.39. The first kappa shape index (κ1) is 19.9. The van der Waals surface area contributed by atoms with Crippen molar-refractivity contribution in [2.75, 3.05) is 13.1 Å². The number of nitrogens with zero attached hydrogens (tertiary/aromatic N) is 1. The molecule has 2 aliphatic rings. The van der Waals surface area contributed by atoms with Gasteiger partial charge >= 0.3 is 0 Å².